The fourth-order valence-electron chi connectivity index (χ4n) is 2.66. The first kappa shape index (κ1) is 37.5. The first-order valence-corrected chi connectivity index (χ1v) is 12.6. The van der Waals surface area contributed by atoms with Gasteiger partial charge in [0.25, 0.3) is 0 Å². The number of nitrogens with two attached hydrogens (primary N) is 1. The third-order valence-electron chi connectivity index (χ3n) is 4.00. The number of rotatable bonds is 12. The normalized spacial score (nSPS) is 19.8. The van der Waals surface area contributed by atoms with Crippen LogP contribution < -0.4 is 16.7 Å². The van der Waals surface area contributed by atoms with E-state index in [1.807, 2.05) is 0 Å². The maximum Gasteiger partial charge on any atom is 0.351 e. The van der Waals surface area contributed by atoms with E-state index in [2.05, 4.69) is 40.8 Å². The van der Waals surface area contributed by atoms with Gasteiger partial charge < -0.3 is 61.1 Å². The Bertz CT molecular complexity index is 975. The van der Waals surface area contributed by atoms with E-state index < -0.39 is 49.9 Å². The summed E-state index contributed by atoms with van der Waals surface area (Å²) in [7, 11) is -6.67. The molecule has 1 fully saturated rings. The molecule has 1 aromatic heterocycles. The second-order valence-electron chi connectivity index (χ2n) is 6.18. The third kappa shape index (κ3) is 12.6. The van der Waals surface area contributed by atoms with E-state index in [9.17, 15) is 14.6 Å². The van der Waals surface area contributed by atoms with Crippen molar-refractivity contribution in [1.82, 2.24) is 14.9 Å². The highest BCUT2D eigenvalue weighted by Gasteiger charge is 2.38. The molecule has 23 heteroatoms. The van der Waals surface area contributed by atoms with Crippen molar-refractivity contribution < 1.29 is 58.6 Å². The molecule has 0 bridgehead atoms. The van der Waals surface area contributed by atoms with Crippen molar-refractivity contribution in [1.29, 1.82) is 0 Å². The van der Waals surface area contributed by atoms with Gasteiger partial charge in [-0.2, -0.15) is 4.98 Å². The average molecular weight is 595 g/mol. The number of nitrogen functional groups attached to an aromatic ring is 1. The zero-order valence-corrected chi connectivity index (χ0v) is 21.7. The smallest absolute Gasteiger partial charge is 0.351 e. The van der Waals surface area contributed by atoms with E-state index in [1.165, 1.54) is 10.8 Å². The molecule has 20 nitrogen and oxygen atoms in total. The fourth-order valence-corrected chi connectivity index (χ4v) is 4.49. The summed E-state index contributed by atoms with van der Waals surface area (Å²) in [5.41, 5.74) is 13.9. The van der Waals surface area contributed by atoms with Crippen LogP contribution in [-0.4, -0.2) is 84.7 Å². The van der Waals surface area contributed by atoms with Gasteiger partial charge in [0.2, 0.25) is 0 Å². The minimum absolute atomic E-state index is 0. The van der Waals surface area contributed by atoms with Gasteiger partial charge in [-0.15, -0.1) is 0 Å². The molecule has 1 aromatic rings. The summed E-state index contributed by atoms with van der Waals surface area (Å²) in [5, 5.41) is 6.14. The standard InChI is InChI=1S/C14H22N7O10P3.3H2O/c1-17-4-2-3-9-6-21(14(22)19-13(9)15)12-5-10(27-8-18-20-16)11(29-12)7-28-33(25)31-34(26)30-32(23)24;;;/h6,10-12,17,23-26H,4-5,7-8H2,1H3,(H2,15,19,22);3*1H2/t10?,11-,12-,33?,34?;;;/m1.../s1. The van der Waals surface area contributed by atoms with E-state index in [1.54, 1.807) is 7.05 Å². The lowest BCUT2D eigenvalue weighted by atomic mass is 10.2. The maximum atomic E-state index is 12.4. The molecule has 1 aliphatic rings. The van der Waals surface area contributed by atoms with Crippen LogP contribution in [0.5, 0.6) is 0 Å². The van der Waals surface area contributed by atoms with Gasteiger partial charge in [-0.1, -0.05) is 17.0 Å². The molecule has 3 unspecified atom stereocenters. The second kappa shape index (κ2) is 19.4. The topological polar surface area (TPSA) is 343 Å². The molecule has 212 valence electrons. The van der Waals surface area contributed by atoms with Crippen molar-refractivity contribution in [3.63, 3.8) is 0 Å². The lowest BCUT2D eigenvalue weighted by Crippen LogP contribution is -2.29. The third-order valence-corrected chi connectivity index (χ3v) is 6.63. The Hall–Kier alpha value is -1.68. The molecular weight excluding hydrogens is 567 g/mol. The highest BCUT2D eigenvalue weighted by molar-refractivity contribution is 7.60. The van der Waals surface area contributed by atoms with Gasteiger partial charge in [0.05, 0.1) is 24.8 Å². The van der Waals surface area contributed by atoms with Crippen molar-refractivity contribution in [3.8, 4) is 11.8 Å². The van der Waals surface area contributed by atoms with Crippen LogP contribution in [0.2, 0.25) is 0 Å². The molecule has 0 saturated carbocycles. The van der Waals surface area contributed by atoms with Gasteiger partial charge in [-0.3, -0.25) is 4.57 Å². The summed E-state index contributed by atoms with van der Waals surface area (Å²) < 4.78 is 26.4. The Balaban J connectivity index is 0. The zero-order valence-electron chi connectivity index (χ0n) is 19.0. The molecule has 5 atom stereocenters. The molecule has 1 saturated heterocycles. The Morgan fingerprint density at radius 1 is 1.32 bits per heavy atom. The largest absolute Gasteiger partial charge is 0.412 e. The van der Waals surface area contributed by atoms with Gasteiger partial charge in [-0.05, 0) is 12.6 Å². The molecule has 1 aliphatic heterocycles. The first-order chi connectivity index (χ1) is 16.2. The molecule has 2 heterocycles. The highest BCUT2D eigenvalue weighted by atomic mass is 31.3. The number of hydrogen-bond acceptors (Lipinski definition) is 14. The van der Waals surface area contributed by atoms with Gasteiger partial charge in [0.15, 0.2) is 0 Å². The number of nitrogens with one attached hydrogen (secondary N) is 1. The van der Waals surface area contributed by atoms with Crippen LogP contribution in [0.15, 0.2) is 16.1 Å². The summed E-state index contributed by atoms with van der Waals surface area (Å²) in [4.78, 5) is 55.2. The SMILES string of the molecule is CNCC#Cc1cn([C@H]2CC(OCN=[N+]=[N-])[C@@H](COP(O)OP(O)OP(O)O)O2)c(=O)nc1N.O.O.O. The quantitative estimate of drug-likeness (QED) is 0.0481. The lowest BCUT2D eigenvalue weighted by Gasteiger charge is -2.20. The Kier molecular flexibility index (Phi) is 19.6. The van der Waals surface area contributed by atoms with E-state index in [0.717, 1.165) is 0 Å². The van der Waals surface area contributed by atoms with Crippen LogP contribution in [0.4, 0.5) is 5.82 Å². The summed E-state index contributed by atoms with van der Waals surface area (Å²) in [6.07, 6.45) is -0.986. The van der Waals surface area contributed by atoms with Gasteiger partial charge in [-0.25, -0.2) is 13.4 Å². The summed E-state index contributed by atoms with van der Waals surface area (Å²) in [6.45, 7) is -0.277. The monoisotopic (exact) mass is 595 g/mol. The number of aromatic nitrogens is 2. The van der Waals surface area contributed by atoms with E-state index >= 15 is 0 Å². The molecule has 0 radical (unpaired) electrons. The fraction of sp³-hybridized carbons (Fsp3) is 0.571. The molecule has 37 heavy (non-hydrogen) atoms. The highest BCUT2D eigenvalue weighted by Crippen LogP contribution is 2.55. The second-order valence-corrected chi connectivity index (χ2v) is 9.20. The molecule has 13 N–H and O–H groups in total. The number of ether oxygens (including phenoxy) is 2. The van der Waals surface area contributed by atoms with Gasteiger partial charge >= 0.3 is 31.5 Å². The minimum Gasteiger partial charge on any atom is -0.412 e. The van der Waals surface area contributed by atoms with Crippen LogP contribution in [0, 0.1) is 11.8 Å². The Morgan fingerprint density at radius 2 is 2.03 bits per heavy atom. The Morgan fingerprint density at radius 3 is 2.65 bits per heavy atom. The molecular formula is C14H28N7O13P3. The number of anilines is 1. The predicted octanol–water partition coefficient (Wildman–Crippen LogP) is -2.44. The molecule has 0 aliphatic carbocycles. The van der Waals surface area contributed by atoms with Crippen molar-refractivity contribution in [2.45, 2.75) is 24.9 Å². The van der Waals surface area contributed by atoms with Crippen LogP contribution in [0.25, 0.3) is 10.4 Å². The molecule has 0 aromatic carbocycles. The van der Waals surface area contributed by atoms with E-state index in [-0.39, 0.29) is 42.0 Å². The first-order valence-electron chi connectivity index (χ1n) is 9.20. The lowest BCUT2D eigenvalue weighted by molar-refractivity contribution is -0.0578. The summed E-state index contributed by atoms with van der Waals surface area (Å²) in [5.74, 6) is 5.57. The Labute approximate surface area is 212 Å². The summed E-state index contributed by atoms with van der Waals surface area (Å²) >= 11 is 0. The van der Waals surface area contributed by atoms with Crippen molar-refractivity contribution in [2.75, 3.05) is 32.7 Å². The van der Waals surface area contributed by atoms with Crippen LogP contribution in [0.3, 0.4) is 0 Å². The van der Waals surface area contributed by atoms with Gasteiger partial charge in [0.1, 0.15) is 24.9 Å². The van der Waals surface area contributed by atoms with Crippen LogP contribution in [0.1, 0.15) is 18.2 Å². The van der Waals surface area contributed by atoms with Crippen molar-refractivity contribution in [3.05, 3.63) is 32.7 Å². The van der Waals surface area contributed by atoms with Crippen molar-refractivity contribution in [2.24, 2.45) is 5.11 Å². The number of nitrogens with zero attached hydrogens (tertiary/aromatic N) is 5. The predicted molar refractivity (Wildman–Crippen MR) is 130 cm³/mol. The van der Waals surface area contributed by atoms with Crippen LogP contribution in [-0.2, 0) is 22.6 Å². The maximum absolute atomic E-state index is 12.4. The number of hydrogen-bond donors (Lipinski definition) is 6. The molecule has 0 amide bonds. The molecule has 0 spiro atoms. The van der Waals surface area contributed by atoms with Crippen molar-refractivity contribution >= 4 is 31.6 Å². The van der Waals surface area contributed by atoms with E-state index in [0.29, 0.717) is 12.1 Å². The average Bonchev–Trinajstić information content (AvgIpc) is 3.16. The van der Waals surface area contributed by atoms with Crippen LogP contribution >= 0.6 is 25.8 Å². The minimum atomic E-state index is -2.90. The zero-order chi connectivity index (χ0) is 25.1. The van der Waals surface area contributed by atoms with Gasteiger partial charge in [0, 0.05) is 17.5 Å². The summed E-state index contributed by atoms with van der Waals surface area (Å²) in [6, 6.07) is 0. The molecule has 2 rings (SSSR count). The number of azide groups is 1. The van der Waals surface area contributed by atoms with E-state index in [4.69, 9.17) is 35.0 Å².